The third-order valence-electron chi connectivity index (χ3n) is 7.64. The number of hydroxylamine groups is 1. The molecule has 0 bridgehead atoms. The molecule has 228 valence electrons. The Hall–Kier alpha value is -4.36. The second-order valence-corrected chi connectivity index (χ2v) is 10.6. The standard InChI is InChI=1S/C30H34F3N7O3/c1-5-29(41)37-22-14-23(26(42-4)15-25(22)39-11-9-21(17-39)38(2)3)36-27-16-28(35-18-34-27)40-24(10-12-43-40)19-7-6-8-20(13-19)30(31,32)33/h5-8,13-16,18,21,24H,1,9-12,17H2,2-4H3,(H,37,41)(H,34,35,36)/t21-,24-/m1/s1. The molecule has 2 N–H and O–H groups in total. The number of carbonyl (C=O) groups is 1. The predicted molar refractivity (Wildman–Crippen MR) is 159 cm³/mol. The van der Waals surface area contributed by atoms with Gasteiger partial charge in [0.15, 0.2) is 5.82 Å². The smallest absolute Gasteiger partial charge is 0.416 e. The lowest BCUT2D eigenvalue weighted by Gasteiger charge is -2.26. The van der Waals surface area contributed by atoms with E-state index >= 15 is 0 Å². The Kier molecular flexibility index (Phi) is 8.74. The minimum absolute atomic E-state index is 0.320. The summed E-state index contributed by atoms with van der Waals surface area (Å²) in [7, 11) is 5.66. The van der Waals surface area contributed by atoms with Crippen molar-refractivity contribution in [2.24, 2.45) is 0 Å². The lowest BCUT2D eigenvalue weighted by Crippen LogP contribution is -2.31. The van der Waals surface area contributed by atoms with Crippen LogP contribution in [0.5, 0.6) is 5.75 Å². The summed E-state index contributed by atoms with van der Waals surface area (Å²) in [5, 5.41) is 7.65. The van der Waals surface area contributed by atoms with Gasteiger partial charge in [-0.1, -0.05) is 18.7 Å². The molecule has 2 fully saturated rings. The van der Waals surface area contributed by atoms with Crippen LogP contribution in [0.3, 0.4) is 0 Å². The fourth-order valence-electron chi connectivity index (χ4n) is 5.36. The van der Waals surface area contributed by atoms with Crippen LogP contribution in [0.4, 0.5) is 41.9 Å². The summed E-state index contributed by atoms with van der Waals surface area (Å²) in [6.45, 7) is 5.50. The number of halogens is 3. The number of aromatic nitrogens is 2. The number of benzene rings is 2. The number of hydrogen-bond donors (Lipinski definition) is 2. The Morgan fingerprint density at radius 3 is 2.67 bits per heavy atom. The van der Waals surface area contributed by atoms with Crippen LogP contribution in [0.25, 0.3) is 0 Å². The lowest BCUT2D eigenvalue weighted by molar-refractivity contribution is -0.137. The number of carbonyl (C=O) groups excluding carboxylic acids is 1. The van der Waals surface area contributed by atoms with Crippen molar-refractivity contribution < 1.29 is 27.5 Å². The molecule has 0 saturated carbocycles. The Morgan fingerprint density at radius 1 is 1.16 bits per heavy atom. The molecule has 43 heavy (non-hydrogen) atoms. The van der Waals surface area contributed by atoms with Gasteiger partial charge in [0.1, 0.15) is 17.9 Å². The summed E-state index contributed by atoms with van der Waals surface area (Å²) in [6, 6.07) is 10.4. The van der Waals surface area contributed by atoms with Gasteiger partial charge in [0.2, 0.25) is 5.91 Å². The zero-order valence-corrected chi connectivity index (χ0v) is 24.2. The lowest BCUT2D eigenvalue weighted by atomic mass is 10.0. The van der Waals surface area contributed by atoms with Crippen LogP contribution in [0.15, 0.2) is 61.4 Å². The summed E-state index contributed by atoms with van der Waals surface area (Å²) in [5.74, 6) is 0.945. The highest BCUT2D eigenvalue weighted by molar-refractivity contribution is 6.02. The number of hydrogen-bond acceptors (Lipinski definition) is 9. The van der Waals surface area contributed by atoms with Crippen LogP contribution in [-0.2, 0) is 15.8 Å². The van der Waals surface area contributed by atoms with Crippen molar-refractivity contribution in [2.75, 3.05) is 61.5 Å². The van der Waals surface area contributed by atoms with Gasteiger partial charge in [-0.2, -0.15) is 13.2 Å². The first-order valence-electron chi connectivity index (χ1n) is 13.8. The molecule has 2 aromatic carbocycles. The van der Waals surface area contributed by atoms with Crippen molar-refractivity contribution in [1.82, 2.24) is 14.9 Å². The molecule has 1 amide bonds. The Morgan fingerprint density at radius 2 is 1.98 bits per heavy atom. The van der Waals surface area contributed by atoms with Crippen molar-refractivity contribution in [1.29, 1.82) is 0 Å². The number of anilines is 5. The van der Waals surface area contributed by atoms with Gasteiger partial charge in [-0.25, -0.2) is 15.0 Å². The molecule has 10 nitrogen and oxygen atoms in total. The van der Waals surface area contributed by atoms with Crippen LogP contribution in [0.2, 0.25) is 0 Å². The number of methoxy groups -OCH3 is 1. The Labute approximate surface area is 248 Å². The largest absolute Gasteiger partial charge is 0.494 e. The maximum atomic E-state index is 13.4. The zero-order chi connectivity index (χ0) is 30.7. The van der Waals surface area contributed by atoms with Gasteiger partial charge in [-0.05, 0) is 50.4 Å². The highest BCUT2D eigenvalue weighted by Gasteiger charge is 2.34. The summed E-state index contributed by atoms with van der Waals surface area (Å²) in [6.07, 6.45) is -0.431. The van der Waals surface area contributed by atoms with Crippen molar-refractivity contribution >= 4 is 34.6 Å². The van der Waals surface area contributed by atoms with Crippen molar-refractivity contribution in [3.63, 3.8) is 0 Å². The second kappa shape index (κ2) is 12.5. The Bertz CT molecular complexity index is 1480. The van der Waals surface area contributed by atoms with Crippen LogP contribution < -0.4 is 25.3 Å². The summed E-state index contributed by atoms with van der Waals surface area (Å²) >= 11 is 0. The molecule has 5 rings (SSSR count). The SMILES string of the molecule is C=CC(=O)Nc1cc(Nc2cc(N3OCC[C@@H]3c3cccc(C(F)(F)F)c3)ncn2)c(OC)cc1N1CC[C@@H](N(C)C)C1. The van der Waals surface area contributed by atoms with Gasteiger partial charge >= 0.3 is 6.18 Å². The molecule has 3 heterocycles. The quantitative estimate of drug-likeness (QED) is 0.315. The van der Waals surface area contributed by atoms with E-state index in [9.17, 15) is 18.0 Å². The first-order chi connectivity index (χ1) is 20.6. The fraction of sp³-hybridized carbons (Fsp3) is 0.367. The minimum atomic E-state index is -4.45. The van der Waals surface area contributed by atoms with Crippen molar-refractivity contribution in [3.8, 4) is 5.75 Å². The molecular formula is C30H34F3N7O3. The highest BCUT2D eigenvalue weighted by atomic mass is 19.4. The van der Waals surface area contributed by atoms with E-state index in [2.05, 4.69) is 37.0 Å². The summed E-state index contributed by atoms with van der Waals surface area (Å²) in [4.78, 5) is 31.2. The number of nitrogens with zero attached hydrogens (tertiary/aromatic N) is 5. The topological polar surface area (TPSA) is 95.1 Å². The van der Waals surface area contributed by atoms with Crippen LogP contribution >= 0.6 is 0 Å². The van der Waals surface area contributed by atoms with Crippen molar-refractivity contribution in [3.05, 3.63) is 72.6 Å². The summed E-state index contributed by atoms with van der Waals surface area (Å²) < 4.78 is 45.8. The minimum Gasteiger partial charge on any atom is -0.494 e. The first kappa shape index (κ1) is 30.1. The number of rotatable bonds is 9. The average molecular weight is 598 g/mol. The van der Waals surface area contributed by atoms with Gasteiger partial charge in [-0.3, -0.25) is 9.63 Å². The first-order valence-corrected chi connectivity index (χ1v) is 13.8. The third kappa shape index (κ3) is 6.67. The van der Waals surface area contributed by atoms with E-state index < -0.39 is 17.8 Å². The molecule has 0 unspecified atom stereocenters. The van der Waals surface area contributed by atoms with Crippen LogP contribution in [-0.4, -0.2) is 67.7 Å². The maximum absolute atomic E-state index is 13.4. The molecule has 2 atom stereocenters. The molecule has 0 spiro atoms. The zero-order valence-electron chi connectivity index (χ0n) is 24.2. The maximum Gasteiger partial charge on any atom is 0.416 e. The van der Waals surface area contributed by atoms with E-state index in [1.54, 1.807) is 25.3 Å². The van der Waals surface area contributed by atoms with Gasteiger partial charge in [-0.15, -0.1) is 0 Å². The average Bonchev–Trinajstić information content (AvgIpc) is 3.68. The predicted octanol–water partition coefficient (Wildman–Crippen LogP) is 5.40. The number of amides is 1. The van der Waals surface area contributed by atoms with E-state index in [0.29, 0.717) is 53.4 Å². The van der Waals surface area contributed by atoms with Crippen LogP contribution in [0, 0.1) is 0 Å². The molecule has 2 saturated heterocycles. The summed E-state index contributed by atoms with van der Waals surface area (Å²) in [5.41, 5.74) is 1.69. The highest BCUT2D eigenvalue weighted by Crippen LogP contribution is 2.41. The molecule has 1 aromatic heterocycles. The van der Waals surface area contributed by atoms with Crippen LogP contribution in [0.1, 0.15) is 30.0 Å². The van der Waals surface area contributed by atoms with Gasteiger partial charge in [0.05, 0.1) is 42.4 Å². The fourth-order valence-corrected chi connectivity index (χ4v) is 5.36. The molecule has 0 radical (unpaired) electrons. The molecule has 2 aliphatic heterocycles. The number of alkyl halides is 3. The van der Waals surface area contributed by atoms with Crippen molar-refractivity contribution in [2.45, 2.75) is 31.1 Å². The number of nitrogens with one attached hydrogen (secondary N) is 2. The second-order valence-electron chi connectivity index (χ2n) is 10.6. The van der Waals surface area contributed by atoms with Gasteiger partial charge in [0.25, 0.3) is 0 Å². The van der Waals surface area contributed by atoms with E-state index in [-0.39, 0.29) is 5.91 Å². The third-order valence-corrected chi connectivity index (χ3v) is 7.64. The monoisotopic (exact) mass is 597 g/mol. The molecule has 0 aliphatic carbocycles. The Balaban J connectivity index is 1.43. The number of ether oxygens (including phenoxy) is 1. The number of likely N-dealkylation sites (N-methyl/N-ethyl adjacent to an activating group) is 1. The normalized spacial score (nSPS) is 18.7. The molecule has 3 aromatic rings. The van der Waals surface area contributed by atoms with E-state index in [0.717, 1.165) is 37.3 Å². The molecule has 2 aliphatic rings. The molecular weight excluding hydrogens is 563 g/mol. The van der Waals surface area contributed by atoms with Gasteiger partial charge < -0.3 is 25.2 Å². The van der Waals surface area contributed by atoms with E-state index in [4.69, 9.17) is 9.57 Å². The molecule has 13 heteroatoms. The van der Waals surface area contributed by atoms with Gasteiger partial charge in [0, 0.05) is 37.7 Å². The van der Waals surface area contributed by atoms with E-state index in [1.165, 1.54) is 23.5 Å². The van der Waals surface area contributed by atoms with E-state index in [1.807, 2.05) is 20.2 Å².